The van der Waals surface area contributed by atoms with Crippen LogP contribution in [0.15, 0.2) is 18.2 Å². The second-order valence-electron chi connectivity index (χ2n) is 4.71. The number of amides is 1. The fraction of sp³-hybridized carbons (Fsp3) is 0.429. The topological polar surface area (TPSA) is 52.9 Å². The molecule has 1 unspecified atom stereocenters. The molecule has 0 bridgehead atoms. The highest BCUT2D eigenvalue weighted by molar-refractivity contribution is 8.00. The lowest BCUT2D eigenvalue weighted by molar-refractivity contribution is -0.137. The van der Waals surface area contributed by atoms with Crippen LogP contribution < -0.4 is 5.32 Å². The van der Waals surface area contributed by atoms with E-state index >= 15 is 0 Å². The van der Waals surface area contributed by atoms with Crippen molar-refractivity contribution < 1.29 is 18.0 Å². The van der Waals surface area contributed by atoms with Crippen molar-refractivity contribution >= 4 is 23.4 Å². The first-order valence-corrected chi connectivity index (χ1v) is 7.50. The van der Waals surface area contributed by atoms with Crippen LogP contribution >= 0.6 is 11.8 Å². The standard InChI is InChI=1S/C14H13F3N2OS/c15-14(16,17)10-4-5-11(9(7-10)8-18)19-13(20)12-3-1-2-6-21-12/h4-5,7,12H,1-3,6H2,(H,19,20). The summed E-state index contributed by atoms with van der Waals surface area (Å²) in [4.78, 5) is 12.1. The number of rotatable bonds is 2. The Morgan fingerprint density at radius 2 is 2.14 bits per heavy atom. The zero-order valence-corrected chi connectivity index (χ0v) is 11.9. The van der Waals surface area contributed by atoms with Gasteiger partial charge in [-0.2, -0.15) is 18.4 Å². The Morgan fingerprint density at radius 3 is 2.71 bits per heavy atom. The maximum atomic E-state index is 12.6. The maximum Gasteiger partial charge on any atom is 0.416 e. The van der Waals surface area contributed by atoms with Gasteiger partial charge in [0.15, 0.2) is 0 Å². The molecule has 1 aromatic carbocycles. The third kappa shape index (κ3) is 3.91. The number of halogens is 3. The van der Waals surface area contributed by atoms with Gasteiger partial charge in [-0.1, -0.05) is 6.42 Å². The molecule has 0 spiro atoms. The van der Waals surface area contributed by atoms with Crippen LogP contribution in [0.25, 0.3) is 0 Å². The van der Waals surface area contributed by atoms with Gasteiger partial charge in [0.2, 0.25) is 5.91 Å². The second-order valence-corrected chi connectivity index (χ2v) is 6.03. The summed E-state index contributed by atoms with van der Waals surface area (Å²) in [5.41, 5.74) is -0.954. The molecule has 1 saturated heterocycles. The van der Waals surface area contributed by atoms with E-state index < -0.39 is 11.7 Å². The largest absolute Gasteiger partial charge is 0.416 e. The monoisotopic (exact) mass is 314 g/mol. The molecule has 2 rings (SSSR count). The molecule has 1 heterocycles. The molecule has 0 saturated carbocycles. The fourth-order valence-electron chi connectivity index (χ4n) is 2.08. The van der Waals surface area contributed by atoms with Crippen molar-refractivity contribution in [3.05, 3.63) is 29.3 Å². The van der Waals surface area contributed by atoms with E-state index in [9.17, 15) is 18.0 Å². The Bertz CT molecular complexity index is 575. The number of hydrogen-bond donors (Lipinski definition) is 1. The van der Waals surface area contributed by atoms with Crippen LogP contribution in [-0.2, 0) is 11.0 Å². The molecule has 1 N–H and O–H groups in total. The van der Waals surface area contributed by atoms with Crippen LogP contribution in [0.1, 0.15) is 30.4 Å². The lowest BCUT2D eigenvalue weighted by Gasteiger charge is -2.20. The van der Waals surface area contributed by atoms with Crippen LogP contribution in [-0.4, -0.2) is 16.9 Å². The van der Waals surface area contributed by atoms with Crippen LogP contribution in [0.2, 0.25) is 0 Å². The van der Waals surface area contributed by atoms with Gasteiger partial charge in [0.25, 0.3) is 0 Å². The molecule has 3 nitrogen and oxygen atoms in total. The lowest BCUT2D eigenvalue weighted by atomic mass is 10.1. The van der Waals surface area contributed by atoms with E-state index in [-0.39, 0.29) is 22.4 Å². The first-order chi connectivity index (χ1) is 9.91. The Labute approximate surface area is 124 Å². The Hall–Kier alpha value is -1.68. The normalized spacial score (nSPS) is 18.9. The molecule has 0 radical (unpaired) electrons. The molecule has 1 amide bonds. The van der Waals surface area contributed by atoms with Gasteiger partial charge in [0.1, 0.15) is 6.07 Å². The number of anilines is 1. The average molecular weight is 314 g/mol. The highest BCUT2D eigenvalue weighted by atomic mass is 32.2. The summed E-state index contributed by atoms with van der Waals surface area (Å²) < 4.78 is 37.8. The third-order valence-electron chi connectivity index (χ3n) is 3.20. The zero-order chi connectivity index (χ0) is 15.5. The summed E-state index contributed by atoms with van der Waals surface area (Å²) in [6, 6.07) is 4.45. The first-order valence-electron chi connectivity index (χ1n) is 6.45. The molecule has 21 heavy (non-hydrogen) atoms. The number of nitrogens with zero attached hydrogens (tertiary/aromatic N) is 1. The minimum absolute atomic E-state index is 0.127. The van der Waals surface area contributed by atoms with Gasteiger partial charge in [0, 0.05) is 0 Å². The van der Waals surface area contributed by atoms with Crippen molar-refractivity contribution in [1.82, 2.24) is 0 Å². The average Bonchev–Trinajstić information content (AvgIpc) is 2.47. The highest BCUT2D eigenvalue weighted by Gasteiger charge is 2.31. The van der Waals surface area contributed by atoms with Crippen molar-refractivity contribution in [1.29, 1.82) is 5.26 Å². The Kier molecular flexibility index (Phi) is 4.78. The van der Waals surface area contributed by atoms with Crippen LogP contribution in [0.3, 0.4) is 0 Å². The number of benzene rings is 1. The molecule has 1 aliphatic rings. The summed E-state index contributed by atoms with van der Waals surface area (Å²) in [7, 11) is 0. The molecule has 1 aromatic rings. The van der Waals surface area contributed by atoms with Crippen molar-refractivity contribution in [2.24, 2.45) is 0 Å². The second kappa shape index (κ2) is 6.39. The molecular formula is C14H13F3N2OS. The predicted molar refractivity (Wildman–Crippen MR) is 74.9 cm³/mol. The number of carbonyl (C=O) groups excluding carboxylic acids is 1. The van der Waals surface area contributed by atoms with Crippen molar-refractivity contribution in [2.75, 3.05) is 11.1 Å². The van der Waals surface area contributed by atoms with Gasteiger partial charge in [0.05, 0.1) is 22.1 Å². The summed E-state index contributed by atoms with van der Waals surface area (Å²) >= 11 is 1.54. The SMILES string of the molecule is N#Cc1cc(C(F)(F)F)ccc1NC(=O)C1CCCCS1. The van der Waals surface area contributed by atoms with E-state index in [1.807, 2.05) is 0 Å². The first kappa shape index (κ1) is 15.7. The molecule has 1 fully saturated rings. The summed E-state index contributed by atoms with van der Waals surface area (Å²) in [5, 5.41) is 11.3. The fourth-order valence-corrected chi connectivity index (χ4v) is 3.28. The van der Waals surface area contributed by atoms with Gasteiger partial charge < -0.3 is 5.32 Å². The summed E-state index contributed by atoms with van der Waals surface area (Å²) in [5.74, 6) is 0.645. The van der Waals surface area contributed by atoms with Gasteiger partial charge in [-0.3, -0.25) is 4.79 Å². The highest BCUT2D eigenvalue weighted by Crippen LogP contribution is 2.32. The number of nitriles is 1. The quantitative estimate of drug-likeness (QED) is 0.903. The van der Waals surface area contributed by atoms with E-state index in [2.05, 4.69) is 5.32 Å². The summed E-state index contributed by atoms with van der Waals surface area (Å²) in [6.45, 7) is 0. The lowest BCUT2D eigenvalue weighted by Crippen LogP contribution is -2.27. The van der Waals surface area contributed by atoms with Crippen molar-refractivity contribution in [2.45, 2.75) is 30.7 Å². The molecule has 0 aromatic heterocycles. The van der Waals surface area contributed by atoms with Gasteiger partial charge in [-0.05, 0) is 36.8 Å². The Balaban J connectivity index is 2.16. The van der Waals surface area contributed by atoms with Gasteiger partial charge >= 0.3 is 6.18 Å². The number of nitrogens with one attached hydrogen (secondary N) is 1. The summed E-state index contributed by atoms with van der Waals surface area (Å²) in [6.07, 6.45) is -1.73. The van der Waals surface area contributed by atoms with E-state index in [1.54, 1.807) is 6.07 Å². The number of carbonyl (C=O) groups is 1. The molecular weight excluding hydrogens is 301 g/mol. The molecule has 7 heteroatoms. The Morgan fingerprint density at radius 1 is 1.38 bits per heavy atom. The number of alkyl halides is 3. The van der Waals surface area contributed by atoms with E-state index in [0.717, 1.165) is 43.2 Å². The van der Waals surface area contributed by atoms with E-state index in [4.69, 9.17) is 5.26 Å². The zero-order valence-electron chi connectivity index (χ0n) is 11.0. The van der Waals surface area contributed by atoms with Crippen LogP contribution in [0.5, 0.6) is 0 Å². The minimum atomic E-state index is -4.51. The van der Waals surface area contributed by atoms with Crippen LogP contribution in [0.4, 0.5) is 18.9 Å². The van der Waals surface area contributed by atoms with Crippen molar-refractivity contribution in [3.63, 3.8) is 0 Å². The van der Waals surface area contributed by atoms with Gasteiger partial charge in [-0.25, -0.2) is 0 Å². The molecule has 1 aliphatic heterocycles. The van der Waals surface area contributed by atoms with Gasteiger partial charge in [-0.15, -0.1) is 11.8 Å². The molecule has 0 aliphatic carbocycles. The van der Waals surface area contributed by atoms with E-state index in [0.29, 0.717) is 0 Å². The molecule has 1 atom stereocenters. The third-order valence-corrected chi connectivity index (χ3v) is 4.57. The van der Waals surface area contributed by atoms with Crippen LogP contribution in [0, 0.1) is 11.3 Å². The minimum Gasteiger partial charge on any atom is -0.324 e. The van der Waals surface area contributed by atoms with E-state index in [1.165, 1.54) is 11.8 Å². The number of hydrogen-bond acceptors (Lipinski definition) is 3. The van der Waals surface area contributed by atoms with Crippen molar-refractivity contribution in [3.8, 4) is 6.07 Å². The predicted octanol–water partition coefficient (Wildman–Crippen LogP) is 3.80. The number of thioether (sulfide) groups is 1. The maximum absolute atomic E-state index is 12.6. The molecule has 112 valence electrons. The smallest absolute Gasteiger partial charge is 0.324 e.